The smallest absolute Gasteiger partial charge is 0.262 e. The van der Waals surface area contributed by atoms with Crippen molar-refractivity contribution in [3.63, 3.8) is 0 Å². The zero-order valence-electron chi connectivity index (χ0n) is 29.9. The Hall–Kier alpha value is -5.25. The minimum atomic E-state index is -0.972. The molecule has 6 aliphatic heterocycles. The van der Waals surface area contributed by atoms with Gasteiger partial charge < -0.3 is 14.7 Å². The summed E-state index contributed by atoms with van der Waals surface area (Å²) in [6.07, 6.45) is 3.58. The zero-order valence-corrected chi connectivity index (χ0v) is 30.6. The predicted octanol–water partition coefficient (Wildman–Crippen LogP) is 4.20. The lowest BCUT2D eigenvalue weighted by atomic mass is 9.77. The molecule has 0 aliphatic carbocycles. The van der Waals surface area contributed by atoms with E-state index in [-0.39, 0.29) is 24.2 Å². The van der Waals surface area contributed by atoms with E-state index in [4.69, 9.17) is 11.6 Å². The number of piperidine rings is 2. The molecule has 0 aromatic heterocycles. The van der Waals surface area contributed by atoms with Crippen molar-refractivity contribution in [2.75, 3.05) is 55.6 Å². The van der Waals surface area contributed by atoms with Crippen LogP contribution in [0.4, 0.5) is 11.4 Å². The molecule has 0 saturated carbocycles. The number of benzene rings is 3. The monoisotopic (exact) mass is 745 g/mol. The predicted molar refractivity (Wildman–Crippen MR) is 200 cm³/mol. The molecule has 54 heavy (non-hydrogen) atoms. The molecule has 13 heteroatoms. The quantitative estimate of drug-likeness (QED) is 0.368. The molecule has 4 saturated heterocycles. The van der Waals surface area contributed by atoms with Gasteiger partial charge in [-0.2, -0.15) is 5.26 Å². The number of halogens is 1. The van der Waals surface area contributed by atoms with E-state index in [1.807, 2.05) is 29.2 Å². The average molecular weight is 746 g/mol. The van der Waals surface area contributed by atoms with Gasteiger partial charge in [-0.1, -0.05) is 11.6 Å². The SMILES string of the molecule is N#Cc1ccc(N2CCC3(CCN(c4ccc(C(=O)N5CC(CN6Cc7cc8c(cc7C6)C(=O)N(C6CCC(=O)NC6=O)C8=O)C5)cc4)CC3)C2)cc1Cl. The number of nitriles is 1. The van der Waals surface area contributed by atoms with E-state index in [2.05, 4.69) is 38.2 Å². The van der Waals surface area contributed by atoms with Crippen LogP contribution in [-0.2, 0) is 22.7 Å². The summed E-state index contributed by atoms with van der Waals surface area (Å²) < 4.78 is 0. The van der Waals surface area contributed by atoms with Crippen LogP contribution < -0.4 is 15.1 Å². The molecule has 9 rings (SSSR count). The summed E-state index contributed by atoms with van der Waals surface area (Å²) in [6, 6.07) is 18.5. The van der Waals surface area contributed by atoms with Crippen LogP contribution in [0.2, 0.25) is 5.02 Å². The summed E-state index contributed by atoms with van der Waals surface area (Å²) in [5, 5.41) is 12.0. The second-order valence-electron chi connectivity index (χ2n) is 15.8. The number of nitrogens with zero attached hydrogens (tertiary/aromatic N) is 6. The lowest BCUT2D eigenvalue weighted by Crippen LogP contribution is -2.54. The van der Waals surface area contributed by atoms with Gasteiger partial charge in [-0.25, -0.2) is 0 Å². The molecule has 0 bridgehead atoms. The van der Waals surface area contributed by atoms with Crippen molar-refractivity contribution in [3.05, 3.63) is 93.0 Å². The fourth-order valence-electron chi connectivity index (χ4n) is 9.38. The standard InChI is InChI=1S/C41H40ClN7O5/c42-34-17-31(6-3-27(34)18-43)47-14-11-41(24-47)9-12-46(13-10-41)30-4-1-26(2-5-30)38(52)48-20-25(21-48)19-45-22-28-15-32-33(16-29(28)23-45)40(54)49(39(32)53)35-7-8-36(50)44-37(35)51/h1-6,15-17,25,35H,7-14,19-24H2,(H,44,50,51). The largest absolute Gasteiger partial charge is 0.371 e. The molecule has 1 N–H and O–H groups in total. The van der Waals surface area contributed by atoms with E-state index >= 15 is 0 Å². The Morgan fingerprint density at radius 2 is 1.48 bits per heavy atom. The maximum absolute atomic E-state index is 13.4. The van der Waals surface area contributed by atoms with Crippen LogP contribution in [0.1, 0.15) is 79.9 Å². The lowest BCUT2D eigenvalue weighted by molar-refractivity contribution is -0.136. The topological polar surface area (TPSA) is 137 Å². The molecular formula is C41H40ClN7O5. The molecule has 3 aromatic carbocycles. The second-order valence-corrected chi connectivity index (χ2v) is 16.2. The highest BCUT2D eigenvalue weighted by Crippen LogP contribution is 2.43. The first-order chi connectivity index (χ1) is 26.1. The molecule has 6 aliphatic rings. The Balaban J connectivity index is 0.744. The molecule has 276 valence electrons. The summed E-state index contributed by atoms with van der Waals surface area (Å²) in [7, 11) is 0. The average Bonchev–Trinajstić information content (AvgIpc) is 3.82. The number of hydrogen-bond acceptors (Lipinski definition) is 9. The Labute approximate surface area is 318 Å². The van der Waals surface area contributed by atoms with E-state index in [0.717, 1.165) is 79.4 Å². The summed E-state index contributed by atoms with van der Waals surface area (Å²) >= 11 is 6.32. The number of carbonyl (C=O) groups excluding carboxylic acids is 5. The fraction of sp³-hybridized carbons (Fsp3) is 0.415. The van der Waals surface area contributed by atoms with Crippen molar-refractivity contribution in [1.29, 1.82) is 5.26 Å². The minimum Gasteiger partial charge on any atom is -0.371 e. The van der Waals surface area contributed by atoms with Crippen LogP contribution in [0.3, 0.4) is 0 Å². The van der Waals surface area contributed by atoms with Gasteiger partial charge in [-0.05, 0) is 96.8 Å². The molecule has 1 spiro atoms. The Morgan fingerprint density at radius 1 is 0.852 bits per heavy atom. The van der Waals surface area contributed by atoms with E-state index in [1.54, 1.807) is 18.2 Å². The van der Waals surface area contributed by atoms with Crippen LogP contribution in [0.25, 0.3) is 0 Å². The van der Waals surface area contributed by atoms with Gasteiger partial charge in [0.2, 0.25) is 11.8 Å². The number of nitrogens with one attached hydrogen (secondary N) is 1. The normalized spacial score (nSPS) is 22.4. The number of imide groups is 2. The van der Waals surface area contributed by atoms with Gasteiger partial charge >= 0.3 is 0 Å². The van der Waals surface area contributed by atoms with E-state index < -0.39 is 29.7 Å². The Kier molecular flexibility index (Phi) is 8.47. The number of likely N-dealkylation sites (tertiary alicyclic amines) is 1. The number of hydrogen-bond donors (Lipinski definition) is 1. The van der Waals surface area contributed by atoms with Gasteiger partial charge in [0.25, 0.3) is 17.7 Å². The van der Waals surface area contributed by atoms with Crippen molar-refractivity contribution in [2.45, 2.75) is 51.2 Å². The minimum absolute atomic E-state index is 0.0445. The number of rotatable bonds is 6. The number of amides is 5. The van der Waals surface area contributed by atoms with Gasteiger partial charge in [0.15, 0.2) is 0 Å². The van der Waals surface area contributed by atoms with Crippen LogP contribution >= 0.6 is 11.6 Å². The first kappa shape index (κ1) is 34.5. The summed E-state index contributed by atoms with van der Waals surface area (Å²) in [5.41, 5.74) is 6.32. The van der Waals surface area contributed by atoms with Crippen LogP contribution in [-0.4, -0.2) is 96.1 Å². The molecular weight excluding hydrogens is 706 g/mol. The van der Waals surface area contributed by atoms with Crippen LogP contribution in [0.5, 0.6) is 0 Å². The van der Waals surface area contributed by atoms with Crippen LogP contribution in [0, 0.1) is 22.7 Å². The third kappa shape index (κ3) is 6.00. The number of anilines is 2. The van der Waals surface area contributed by atoms with Gasteiger partial charge in [-0.3, -0.25) is 39.1 Å². The molecule has 1 unspecified atom stereocenters. The summed E-state index contributed by atoms with van der Waals surface area (Å²) in [5.74, 6) is -1.60. The number of carbonyl (C=O) groups is 5. The molecule has 1 atom stereocenters. The van der Waals surface area contributed by atoms with Crippen molar-refractivity contribution in [2.24, 2.45) is 11.3 Å². The Morgan fingerprint density at radius 3 is 2.09 bits per heavy atom. The third-order valence-corrected chi connectivity index (χ3v) is 12.8. The lowest BCUT2D eigenvalue weighted by Gasteiger charge is -2.41. The van der Waals surface area contributed by atoms with Crippen molar-refractivity contribution in [1.82, 2.24) is 20.0 Å². The maximum Gasteiger partial charge on any atom is 0.262 e. The van der Waals surface area contributed by atoms with Gasteiger partial charge in [0.1, 0.15) is 12.1 Å². The maximum atomic E-state index is 13.4. The van der Waals surface area contributed by atoms with E-state index in [1.165, 1.54) is 0 Å². The van der Waals surface area contributed by atoms with Crippen LogP contribution in [0.15, 0.2) is 54.6 Å². The molecule has 12 nitrogen and oxygen atoms in total. The first-order valence-electron chi connectivity index (χ1n) is 18.8. The highest BCUT2D eigenvalue weighted by molar-refractivity contribution is 6.32. The third-order valence-electron chi connectivity index (χ3n) is 12.5. The molecule has 3 aromatic rings. The highest BCUT2D eigenvalue weighted by Gasteiger charge is 2.46. The highest BCUT2D eigenvalue weighted by atomic mass is 35.5. The molecule has 0 radical (unpaired) electrons. The Bertz CT molecular complexity index is 2110. The fourth-order valence-corrected chi connectivity index (χ4v) is 9.59. The van der Waals surface area contributed by atoms with Gasteiger partial charge in [-0.15, -0.1) is 0 Å². The number of fused-ring (bicyclic) bond motifs is 2. The first-order valence-corrected chi connectivity index (χ1v) is 19.1. The molecule has 4 fully saturated rings. The van der Waals surface area contributed by atoms with E-state index in [0.29, 0.717) is 59.4 Å². The van der Waals surface area contributed by atoms with Gasteiger partial charge in [0, 0.05) is 88.2 Å². The van der Waals surface area contributed by atoms with Gasteiger partial charge in [0.05, 0.1) is 21.7 Å². The molecule has 5 amide bonds. The summed E-state index contributed by atoms with van der Waals surface area (Å²) in [6.45, 7) is 7.40. The van der Waals surface area contributed by atoms with E-state index in [9.17, 15) is 29.2 Å². The summed E-state index contributed by atoms with van der Waals surface area (Å²) in [4.78, 5) is 73.9. The zero-order chi connectivity index (χ0) is 37.3. The van der Waals surface area contributed by atoms with Crippen molar-refractivity contribution in [3.8, 4) is 6.07 Å². The van der Waals surface area contributed by atoms with Crippen molar-refractivity contribution >= 4 is 52.5 Å². The van der Waals surface area contributed by atoms with Crippen molar-refractivity contribution < 1.29 is 24.0 Å². The second kappa shape index (κ2) is 13.2. The molecule has 6 heterocycles.